The first kappa shape index (κ1) is 54.6. The molecule has 0 heterocycles. The minimum Gasteiger partial charge on any atom is -0.394 e. The smallest absolute Gasteiger partial charge is 0.0781 e. The molecule has 322 valence electrons. The molecular weight excluding hydrogens is 684 g/mol. The van der Waals surface area contributed by atoms with Gasteiger partial charge in [-0.15, -0.1) is 0 Å². The Morgan fingerprint density at radius 2 is 0.604 bits per heavy atom. The van der Waals surface area contributed by atoms with Crippen molar-refractivity contribution >= 4 is 0 Å². The van der Waals surface area contributed by atoms with Crippen molar-refractivity contribution in [1.82, 2.24) is 0 Å². The van der Waals surface area contributed by atoms with E-state index in [1.165, 1.54) is 96.3 Å². The third kappa shape index (κ3) is 51.5. The average Bonchev–Trinajstić information content (AvgIpc) is 3.17. The Labute approximate surface area is 325 Å². The highest BCUT2D eigenvalue weighted by Gasteiger charge is 2.09. The number of aliphatic hydroxyl groups is 3. The van der Waals surface area contributed by atoms with E-state index < -0.39 is 0 Å². The fourth-order valence-corrected chi connectivity index (χ4v) is 5.01. The fourth-order valence-electron chi connectivity index (χ4n) is 5.01. The van der Waals surface area contributed by atoms with Gasteiger partial charge in [0.05, 0.1) is 131 Å². The molecule has 0 saturated carbocycles. The summed E-state index contributed by atoms with van der Waals surface area (Å²) in [5.41, 5.74) is 0. The Morgan fingerprint density at radius 1 is 0.321 bits per heavy atom. The Bertz CT molecular complexity index is 614. The molecule has 12 nitrogen and oxygen atoms in total. The van der Waals surface area contributed by atoms with Crippen LogP contribution in [0.2, 0.25) is 0 Å². The number of unbranched alkanes of at least 4 members (excludes halogenated alkanes) is 15. The van der Waals surface area contributed by atoms with Gasteiger partial charge in [-0.25, -0.2) is 0 Å². The molecule has 0 aliphatic carbocycles. The van der Waals surface area contributed by atoms with Gasteiger partial charge in [0.25, 0.3) is 0 Å². The summed E-state index contributed by atoms with van der Waals surface area (Å²) in [5.74, 6) is 0. The van der Waals surface area contributed by atoms with E-state index >= 15 is 0 Å². The van der Waals surface area contributed by atoms with Gasteiger partial charge in [-0.2, -0.15) is 0 Å². The lowest BCUT2D eigenvalue weighted by atomic mass is 10.0. The minimum absolute atomic E-state index is 0.0237. The number of rotatable bonds is 44. The van der Waals surface area contributed by atoms with Crippen molar-refractivity contribution < 1.29 is 58.0 Å². The number of hydrogen-bond acceptors (Lipinski definition) is 12. The fraction of sp³-hybridized carbons (Fsp3) is 1.00. The molecule has 53 heavy (non-hydrogen) atoms. The molecule has 0 bridgehead atoms. The zero-order valence-corrected chi connectivity index (χ0v) is 34.8. The van der Waals surface area contributed by atoms with E-state index in [0.29, 0.717) is 92.5 Å². The van der Waals surface area contributed by atoms with E-state index in [2.05, 4.69) is 13.8 Å². The van der Waals surface area contributed by atoms with E-state index in [0.717, 1.165) is 13.0 Å². The van der Waals surface area contributed by atoms with Crippen molar-refractivity contribution in [1.29, 1.82) is 0 Å². The second-order valence-electron chi connectivity index (χ2n) is 13.6. The molecule has 0 aromatic rings. The largest absolute Gasteiger partial charge is 0.394 e. The van der Waals surface area contributed by atoms with Crippen LogP contribution in [0.25, 0.3) is 0 Å². The van der Waals surface area contributed by atoms with Crippen molar-refractivity contribution in [2.24, 2.45) is 0 Å². The van der Waals surface area contributed by atoms with Crippen LogP contribution < -0.4 is 0 Å². The molecule has 0 rings (SSSR count). The summed E-state index contributed by atoms with van der Waals surface area (Å²) < 4.78 is 48.3. The quantitative estimate of drug-likeness (QED) is 0.0580. The lowest BCUT2D eigenvalue weighted by Gasteiger charge is -2.19. The summed E-state index contributed by atoms with van der Waals surface area (Å²) in [6.45, 7) is 16.0. The average molecular weight is 771 g/mol. The summed E-state index contributed by atoms with van der Waals surface area (Å²) in [5, 5.41) is 25.9. The van der Waals surface area contributed by atoms with Crippen LogP contribution in [0.4, 0.5) is 0 Å². The first-order valence-corrected chi connectivity index (χ1v) is 21.1. The Balaban J connectivity index is 0. The maximum atomic E-state index is 8.95. The highest BCUT2D eigenvalue weighted by Crippen LogP contribution is 2.14. The van der Waals surface area contributed by atoms with Gasteiger partial charge in [0, 0.05) is 6.61 Å². The molecule has 3 unspecified atom stereocenters. The van der Waals surface area contributed by atoms with Crippen LogP contribution in [0.15, 0.2) is 0 Å². The first-order chi connectivity index (χ1) is 26.0. The Hall–Kier alpha value is -0.480. The van der Waals surface area contributed by atoms with Gasteiger partial charge >= 0.3 is 0 Å². The molecule has 3 N–H and O–H groups in total. The summed E-state index contributed by atoms with van der Waals surface area (Å²) in [6, 6.07) is 0. The van der Waals surface area contributed by atoms with Crippen molar-refractivity contribution in [2.75, 3.05) is 119 Å². The predicted octanol–water partition coefficient (Wildman–Crippen LogP) is 6.53. The summed E-state index contributed by atoms with van der Waals surface area (Å²) >= 11 is 0. The van der Waals surface area contributed by atoms with Crippen LogP contribution in [0.3, 0.4) is 0 Å². The number of hydrogen-bond donors (Lipinski definition) is 3. The van der Waals surface area contributed by atoms with Crippen LogP contribution in [0.5, 0.6) is 0 Å². The van der Waals surface area contributed by atoms with Crippen LogP contribution >= 0.6 is 0 Å². The molecule has 0 aromatic heterocycles. The van der Waals surface area contributed by atoms with E-state index in [1.54, 1.807) is 0 Å². The monoisotopic (exact) mass is 771 g/mol. The van der Waals surface area contributed by atoms with Gasteiger partial charge in [-0.3, -0.25) is 0 Å². The van der Waals surface area contributed by atoms with Gasteiger partial charge in [0.1, 0.15) is 0 Å². The Kier molecular flexibility index (Phi) is 51.1. The van der Waals surface area contributed by atoms with Crippen molar-refractivity contribution in [3.63, 3.8) is 0 Å². The molecule has 0 aromatic carbocycles. The predicted molar refractivity (Wildman–Crippen MR) is 212 cm³/mol. The summed E-state index contributed by atoms with van der Waals surface area (Å²) in [6.07, 6.45) is 22.3. The molecule has 0 fully saturated rings. The van der Waals surface area contributed by atoms with E-state index in [1.807, 2.05) is 13.8 Å². The third-order valence-corrected chi connectivity index (χ3v) is 8.22. The molecule has 0 aliphatic rings. The molecule has 3 atom stereocenters. The van der Waals surface area contributed by atoms with Crippen LogP contribution in [0, 0.1) is 0 Å². The first-order valence-electron chi connectivity index (χ1n) is 21.1. The van der Waals surface area contributed by atoms with Crippen LogP contribution in [-0.2, 0) is 42.6 Å². The van der Waals surface area contributed by atoms with Crippen LogP contribution in [0.1, 0.15) is 130 Å². The highest BCUT2D eigenvalue weighted by molar-refractivity contribution is 4.55. The van der Waals surface area contributed by atoms with E-state index in [9.17, 15) is 0 Å². The van der Waals surface area contributed by atoms with E-state index in [4.69, 9.17) is 58.0 Å². The highest BCUT2D eigenvalue weighted by atomic mass is 16.6. The molecule has 0 amide bonds. The lowest BCUT2D eigenvalue weighted by Crippen LogP contribution is -2.26. The maximum absolute atomic E-state index is 8.95. The van der Waals surface area contributed by atoms with Gasteiger partial charge in [0.15, 0.2) is 0 Å². The normalized spacial score (nSPS) is 13.2. The second kappa shape index (κ2) is 49.5. The molecule has 0 saturated heterocycles. The number of aliphatic hydroxyl groups excluding tert-OH is 3. The topological polar surface area (TPSA) is 144 Å². The minimum atomic E-state index is -0.130. The van der Waals surface area contributed by atoms with Crippen molar-refractivity contribution in [2.45, 2.75) is 149 Å². The van der Waals surface area contributed by atoms with Crippen molar-refractivity contribution in [3.05, 3.63) is 0 Å². The van der Waals surface area contributed by atoms with Crippen molar-refractivity contribution in [3.8, 4) is 0 Å². The van der Waals surface area contributed by atoms with Gasteiger partial charge < -0.3 is 58.0 Å². The maximum Gasteiger partial charge on any atom is 0.0781 e. The van der Waals surface area contributed by atoms with E-state index in [-0.39, 0.29) is 38.1 Å². The molecule has 0 aliphatic heterocycles. The zero-order valence-electron chi connectivity index (χ0n) is 34.8. The standard InChI is InChI=1S/C27H56O4.C14H30O8/c1-5-6-7-8-9-10-11-12-13-14-15-16-17-18-19-20-21-29-26(3)23-31-27(4)24-30-25(2)22-28;15-1-3-17-5-7-19-9-11-21-13-14-22-12-10-20-8-6-18-4-2-16/h25-28H,5-24H2,1-4H3;15-16H,1-14H2. The third-order valence-electron chi connectivity index (χ3n) is 8.22. The summed E-state index contributed by atoms with van der Waals surface area (Å²) in [7, 11) is 0. The Morgan fingerprint density at radius 3 is 0.925 bits per heavy atom. The SMILES string of the molecule is CCCCCCCCCCCCCCCCCCOC(C)COC(C)COC(C)CO.OCCOCCOCCOCCOCCOCCOCCO. The van der Waals surface area contributed by atoms with Crippen LogP contribution in [-0.4, -0.2) is 153 Å². The molecule has 0 spiro atoms. The zero-order chi connectivity index (χ0) is 39.1. The molecular formula is C41H86O12. The van der Waals surface area contributed by atoms with Gasteiger partial charge in [0.2, 0.25) is 0 Å². The summed E-state index contributed by atoms with van der Waals surface area (Å²) in [4.78, 5) is 0. The van der Waals surface area contributed by atoms with Gasteiger partial charge in [-0.1, -0.05) is 103 Å². The molecule has 12 heteroatoms. The second-order valence-corrected chi connectivity index (χ2v) is 13.6. The number of ether oxygens (including phenoxy) is 9. The van der Waals surface area contributed by atoms with Gasteiger partial charge in [-0.05, 0) is 27.2 Å². The lowest BCUT2D eigenvalue weighted by molar-refractivity contribution is -0.0746. The molecule has 0 radical (unpaired) electrons.